The number of hydrogen-bond donors (Lipinski definition) is 1. The van der Waals surface area contributed by atoms with Crippen molar-refractivity contribution < 1.29 is 31.4 Å². The van der Waals surface area contributed by atoms with Gasteiger partial charge in [0.15, 0.2) is 0 Å². The van der Waals surface area contributed by atoms with E-state index in [2.05, 4.69) is 4.74 Å². The molecule has 0 bridgehead atoms. The molecule has 0 aromatic heterocycles. The third kappa shape index (κ3) is 4.36. The van der Waals surface area contributed by atoms with Crippen LogP contribution in [0.4, 0.5) is 13.2 Å². The third-order valence-corrected chi connectivity index (χ3v) is 5.69. The van der Waals surface area contributed by atoms with Gasteiger partial charge in [-0.3, -0.25) is 0 Å². The van der Waals surface area contributed by atoms with Gasteiger partial charge in [-0.25, -0.2) is 8.42 Å². The van der Waals surface area contributed by atoms with Crippen molar-refractivity contribution in [1.29, 1.82) is 0 Å². The van der Waals surface area contributed by atoms with Crippen LogP contribution in [0.3, 0.4) is 0 Å². The predicted molar refractivity (Wildman–Crippen MR) is 76.3 cm³/mol. The molecule has 9 heteroatoms. The summed E-state index contributed by atoms with van der Waals surface area (Å²) in [4.78, 5) is -0.268. The topological polar surface area (TPSA) is 66.8 Å². The van der Waals surface area contributed by atoms with Crippen molar-refractivity contribution in [3.8, 4) is 5.75 Å². The lowest BCUT2D eigenvalue weighted by Crippen LogP contribution is -2.35. The quantitative estimate of drug-likeness (QED) is 0.902. The molecular weight excluding hydrogens is 335 g/mol. The number of benzene rings is 1. The summed E-state index contributed by atoms with van der Waals surface area (Å²) in [5.41, 5.74) is -1.02. The second kappa shape index (κ2) is 5.95. The first-order chi connectivity index (χ1) is 10.4. The van der Waals surface area contributed by atoms with Crippen molar-refractivity contribution in [2.24, 2.45) is 5.92 Å². The van der Waals surface area contributed by atoms with Crippen LogP contribution in [-0.2, 0) is 10.0 Å². The summed E-state index contributed by atoms with van der Waals surface area (Å²) in [7, 11) is -3.94. The lowest BCUT2D eigenvalue weighted by Gasteiger charge is -2.25. The fourth-order valence-corrected chi connectivity index (χ4v) is 4.04. The van der Waals surface area contributed by atoms with Crippen molar-refractivity contribution in [3.05, 3.63) is 24.3 Å². The van der Waals surface area contributed by atoms with E-state index in [0.717, 1.165) is 12.1 Å². The SMILES string of the molecule is CC(C)(O)C1CCN(S(=O)(=O)c2cccc(OC(F)(F)F)c2)C1. The predicted octanol–water partition coefficient (Wildman–Crippen LogP) is 2.37. The van der Waals surface area contributed by atoms with Crippen molar-refractivity contribution in [3.63, 3.8) is 0 Å². The Morgan fingerprint density at radius 2 is 1.96 bits per heavy atom. The molecule has 0 saturated carbocycles. The van der Waals surface area contributed by atoms with Crippen molar-refractivity contribution >= 4 is 10.0 Å². The Morgan fingerprint density at radius 3 is 2.48 bits per heavy atom. The van der Waals surface area contributed by atoms with Gasteiger partial charge in [0.2, 0.25) is 10.0 Å². The summed E-state index contributed by atoms with van der Waals surface area (Å²) < 4.78 is 66.7. The highest BCUT2D eigenvalue weighted by Gasteiger charge is 2.39. The van der Waals surface area contributed by atoms with Crippen LogP contribution in [-0.4, -0.2) is 42.9 Å². The zero-order chi connectivity index (χ0) is 17.5. The van der Waals surface area contributed by atoms with Crippen LogP contribution in [0.2, 0.25) is 0 Å². The summed E-state index contributed by atoms with van der Waals surface area (Å²) >= 11 is 0. The first-order valence-electron chi connectivity index (χ1n) is 6.98. The number of aliphatic hydroxyl groups is 1. The van der Waals surface area contributed by atoms with Gasteiger partial charge in [-0.1, -0.05) is 6.07 Å². The van der Waals surface area contributed by atoms with Crippen molar-refractivity contribution in [2.75, 3.05) is 13.1 Å². The zero-order valence-corrected chi connectivity index (χ0v) is 13.5. The molecule has 1 saturated heterocycles. The Kier molecular flexibility index (Phi) is 4.67. The highest BCUT2D eigenvalue weighted by molar-refractivity contribution is 7.89. The Hall–Kier alpha value is -1.32. The summed E-state index contributed by atoms with van der Waals surface area (Å²) in [6.07, 6.45) is -4.40. The van der Waals surface area contributed by atoms with Gasteiger partial charge in [0, 0.05) is 25.1 Å². The fourth-order valence-electron chi connectivity index (χ4n) is 2.50. The number of sulfonamides is 1. The molecule has 1 atom stereocenters. The molecule has 5 nitrogen and oxygen atoms in total. The molecule has 0 aliphatic carbocycles. The molecule has 1 aliphatic rings. The van der Waals surface area contributed by atoms with Crippen LogP contribution in [0.15, 0.2) is 29.2 Å². The average molecular weight is 353 g/mol. The van der Waals surface area contributed by atoms with E-state index in [-0.39, 0.29) is 23.9 Å². The number of rotatable bonds is 4. The van der Waals surface area contributed by atoms with Gasteiger partial charge in [-0.2, -0.15) is 4.31 Å². The third-order valence-electron chi connectivity index (χ3n) is 3.83. The standard InChI is InChI=1S/C14H18F3NO4S/c1-13(2,19)10-6-7-18(9-10)23(20,21)12-5-3-4-11(8-12)22-14(15,16)17/h3-5,8,10,19H,6-7,9H2,1-2H3. The molecule has 23 heavy (non-hydrogen) atoms. The lowest BCUT2D eigenvalue weighted by atomic mass is 9.91. The number of ether oxygens (including phenoxy) is 1. The number of hydrogen-bond acceptors (Lipinski definition) is 4. The van der Waals surface area contributed by atoms with Crippen LogP contribution in [0.5, 0.6) is 5.75 Å². The van der Waals surface area contributed by atoms with E-state index < -0.39 is 27.7 Å². The maximum absolute atomic E-state index is 12.5. The van der Waals surface area contributed by atoms with Gasteiger partial charge in [-0.15, -0.1) is 13.2 Å². The van der Waals surface area contributed by atoms with E-state index in [9.17, 15) is 26.7 Å². The second-order valence-corrected chi connectivity index (χ2v) is 7.96. The van der Waals surface area contributed by atoms with Gasteiger partial charge >= 0.3 is 6.36 Å². The largest absolute Gasteiger partial charge is 0.573 e. The zero-order valence-electron chi connectivity index (χ0n) is 12.7. The van der Waals surface area contributed by atoms with E-state index in [1.807, 2.05) is 0 Å². The van der Waals surface area contributed by atoms with E-state index in [1.54, 1.807) is 13.8 Å². The first-order valence-corrected chi connectivity index (χ1v) is 8.42. The molecule has 1 N–H and O–H groups in total. The monoisotopic (exact) mass is 353 g/mol. The minimum Gasteiger partial charge on any atom is -0.406 e. The number of halogens is 3. The van der Waals surface area contributed by atoms with Crippen molar-refractivity contribution in [2.45, 2.75) is 37.1 Å². The highest BCUT2D eigenvalue weighted by atomic mass is 32.2. The molecule has 1 aromatic carbocycles. The molecule has 0 amide bonds. The molecule has 0 spiro atoms. The normalized spacial score (nSPS) is 20.7. The van der Waals surface area contributed by atoms with E-state index in [1.165, 1.54) is 16.4 Å². The van der Waals surface area contributed by atoms with Crippen LogP contribution < -0.4 is 4.74 Å². The summed E-state index contributed by atoms with van der Waals surface area (Å²) in [6, 6.07) is 4.30. The smallest absolute Gasteiger partial charge is 0.406 e. The minimum absolute atomic E-state index is 0.121. The van der Waals surface area contributed by atoms with Crippen molar-refractivity contribution in [1.82, 2.24) is 4.31 Å². The van der Waals surface area contributed by atoms with Crippen LogP contribution in [0, 0.1) is 5.92 Å². The van der Waals surface area contributed by atoms with Gasteiger partial charge < -0.3 is 9.84 Å². The molecule has 1 aliphatic heterocycles. The molecule has 1 unspecified atom stereocenters. The molecule has 1 heterocycles. The molecule has 1 aromatic rings. The maximum atomic E-state index is 12.5. The Labute approximate surface area is 132 Å². The van der Waals surface area contributed by atoms with E-state index in [0.29, 0.717) is 6.42 Å². The van der Waals surface area contributed by atoms with Gasteiger partial charge in [-0.05, 0) is 32.4 Å². The van der Waals surface area contributed by atoms with Crippen LogP contribution in [0.1, 0.15) is 20.3 Å². The summed E-state index contributed by atoms with van der Waals surface area (Å²) in [5.74, 6) is -0.816. The molecule has 2 rings (SSSR count). The maximum Gasteiger partial charge on any atom is 0.573 e. The number of alkyl halides is 3. The highest BCUT2D eigenvalue weighted by Crippen LogP contribution is 2.32. The first kappa shape index (κ1) is 18.0. The van der Waals surface area contributed by atoms with Gasteiger partial charge in [0.05, 0.1) is 10.5 Å². The molecular formula is C14H18F3NO4S. The number of nitrogens with zero attached hydrogens (tertiary/aromatic N) is 1. The van der Waals surface area contributed by atoms with Gasteiger partial charge in [0.25, 0.3) is 0 Å². The van der Waals surface area contributed by atoms with Crippen LogP contribution in [0.25, 0.3) is 0 Å². The minimum atomic E-state index is -4.89. The lowest BCUT2D eigenvalue weighted by molar-refractivity contribution is -0.274. The summed E-state index contributed by atoms with van der Waals surface area (Å²) in [6.45, 7) is 3.54. The fraction of sp³-hybridized carbons (Fsp3) is 0.571. The van der Waals surface area contributed by atoms with E-state index in [4.69, 9.17) is 0 Å². The average Bonchev–Trinajstić information content (AvgIpc) is 2.87. The second-order valence-electron chi connectivity index (χ2n) is 6.02. The van der Waals surface area contributed by atoms with Gasteiger partial charge in [0.1, 0.15) is 5.75 Å². The molecule has 1 fully saturated rings. The van der Waals surface area contributed by atoms with E-state index >= 15 is 0 Å². The molecule has 0 radical (unpaired) electrons. The Balaban J connectivity index is 2.22. The van der Waals surface area contributed by atoms with Crippen LogP contribution >= 0.6 is 0 Å². The Morgan fingerprint density at radius 1 is 1.30 bits per heavy atom. The summed E-state index contributed by atoms with van der Waals surface area (Å²) in [5, 5.41) is 9.98. The molecule has 130 valence electrons. The Bertz CT molecular complexity index is 667.